The molecule has 0 bridgehead atoms. The Morgan fingerprint density at radius 3 is 2.59 bits per heavy atom. The van der Waals surface area contributed by atoms with Gasteiger partial charge in [0.2, 0.25) is 0 Å². The average Bonchev–Trinajstić information content (AvgIpc) is 2.72. The second kappa shape index (κ2) is 8.90. The lowest BCUT2D eigenvalue weighted by atomic mass is 9.69. The van der Waals surface area contributed by atoms with Gasteiger partial charge in [0.15, 0.2) is 0 Å². The van der Waals surface area contributed by atoms with Gasteiger partial charge >= 0.3 is 5.97 Å². The van der Waals surface area contributed by atoms with Crippen molar-refractivity contribution >= 4 is 5.97 Å². The van der Waals surface area contributed by atoms with Gasteiger partial charge in [0.05, 0.1) is 12.7 Å². The Bertz CT molecular complexity index is 764. The number of esters is 1. The van der Waals surface area contributed by atoms with Gasteiger partial charge in [-0.25, -0.2) is 4.79 Å². The molecule has 0 saturated heterocycles. The molecule has 2 aromatic rings. The second-order valence-corrected chi connectivity index (χ2v) is 7.59. The third kappa shape index (κ3) is 5.22. The number of carbonyl (C=O) groups is 1. The summed E-state index contributed by atoms with van der Waals surface area (Å²) in [4.78, 5) is 12.0. The summed E-state index contributed by atoms with van der Waals surface area (Å²) < 4.78 is 10.6. The fourth-order valence-electron chi connectivity index (χ4n) is 3.95. The average molecular weight is 364 g/mol. The number of benzene rings is 2. The van der Waals surface area contributed by atoms with Crippen molar-refractivity contribution in [2.45, 2.75) is 38.5 Å². The minimum atomic E-state index is -0.273. The van der Waals surface area contributed by atoms with Crippen LogP contribution in [0, 0.1) is 5.41 Å². The number of ether oxygens (including phenoxy) is 2. The van der Waals surface area contributed by atoms with E-state index in [4.69, 9.17) is 9.47 Å². The zero-order chi connectivity index (χ0) is 19.1. The number of allylic oxidation sites excluding steroid dienone is 1. The molecule has 0 aromatic heterocycles. The van der Waals surface area contributed by atoms with Crippen molar-refractivity contribution in [3.05, 3.63) is 77.9 Å². The first-order valence-electron chi connectivity index (χ1n) is 9.63. The summed E-state index contributed by atoms with van der Waals surface area (Å²) in [5.41, 5.74) is 2.11. The maximum Gasteiger partial charge on any atom is 0.338 e. The molecule has 0 heterocycles. The predicted molar refractivity (Wildman–Crippen MR) is 108 cm³/mol. The Labute approximate surface area is 162 Å². The van der Waals surface area contributed by atoms with Crippen molar-refractivity contribution in [2.75, 3.05) is 13.7 Å². The van der Waals surface area contributed by atoms with E-state index >= 15 is 0 Å². The highest BCUT2D eigenvalue weighted by Crippen LogP contribution is 2.44. The van der Waals surface area contributed by atoms with Crippen molar-refractivity contribution < 1.29 is 14.3 Å². The highest BCUT2D eigenvalue weighted by Gasteiger charge is 2.30. The second-order valence-electron chi connectivity index (χ2n) is 7.59. The highest BCUT2D eigenvalue weighted by atomic mass is 16.5. The maximum absolute atomic E-state index is 12.0. The molecule has 142 valence electrons. The Morgan fingerprint density at radius 1 is 1.15 bits per heavy atom. The molecule has 0 spiro atoms. The highest BCUT2D eigenvalue weighted by molar-refractivity contribution is 5.89. The third-order valence-corrected chi connectivity index (χ3v) is 5.44. The standard InChI is InChI=1S/C24H28O3/c1-24(16-7-17-27-23(25)20-8-4-3-5-9-20)15-6-10-21(18-24)19-11-13-22(26-2)14-12-19/h3-5,7-9,11-14,16,21H,6,10,15,17-18H2,1-2H3/b16-7+. The number of hydrogen-bond acceptors (Lipinski definition) is 3. The Hall–Kier alpha value is -2.55. The minimum Gasteiger partial charge on any atom is -0.497 e. The lowest BCUT2D eigenvalue weighted by Crippen LogP contribution is -2.23. The molecule has 27 heavy (non-hydrogen) atoms. The van der Waals surface area contributed by atoms with E-state index in [9.17, 15) is 4.79 Å². The molecule has 3 rings (SSSR count). The molecule has 3 nitrogen and oxygen atoms in total. The van der Waals surface area contributed by atoms with E-state index in [-0.39, 0.29) is 11.4 Å². The largest absolute Gasteiger partial charge is 0.497 e. The summed E-state index contributed by atoms with van der Waals surface area (Å²) >= 11 is 0. The molecule has 2 atom stereocenters. The minimum absolute atomic E-state index is 0.141. The molecule has 2 aromatic carbocycles. The first-order chi connectivity index (χ1) is 13.1. The van der Waals surface area contributed by atoms with Crippen LogP contribution in [0.15, 0.2) is 66.7 Å². The van der Waals surface area contributed by atoms with Crippen LogP contribution in [-0.4, -0.2) is 19.7 Å². The topological polar surface area (TPSA) is 35.5 Å². The van der Waals surface area contributed by atoms with Crippen molar-refractivity contribution in [1.29, 1.82) is 0 Å². The van der Waals surface area contributed by atoms with E-state index in [2.05, 4.69) is 25.1 Å². The molecular formula is C24H28O3. The van der Waals surface area contributed by atoms with Crippen LogP contribution in [0.3, 0.4) is 0 Å². The quantitative estimate of drug-likeness (QED) is 0.482. The molecule has 1 aliphatic carbocycles. The molecule has 0 amide bonds. The number of rotatable bonds is 6. The fraction of sp³-hybridized carbons (Fsp3) is 0.375. The lowest BCUT2D eigenvalue weighted by Gasteiger charge is -2.36. The molecule has 1 aliphatic rings. The van der Waals surface area contributed by atoms with Crippen molar-refractivity contribution in [1.82, 2.24) is 0 Å². The molecule has 0 N–H and O–H groups in total. The molecule has 0 radical (unpaired) electrons. The van der Waals surface area contributed by atoms with Crippen LogP contribution in [0.25, 0.3) is 0 Å². The predicted octanol–water partition coefficient (Wildman–Crippen LogP) is 5.77. The summed E-state index contributed by atoms with van der Waals surface area (Å²) in [7, 11) is 1.70. The summed E-state index contributed by atoms with van der Waals surface area (Å²) in [5.74, 6) is 1.19. The first kappa shape index (κ1) is 19.2. The van der Waals surface area contributed by atoms with Crippen LogP contribution in [0.1, 0.15) is 54.4 Å². The van der Waals surface area contributed by atoms with Gasteiger partial charge < -0.3 is 9.47 Å². The van der Waals surface area contributed by atoms with Gasteiger partial charge in [0, 0.05) is 0 Å². The van der Waals surface area contributed by atoms with Crippen LogP contribution >= 0.6 is 0 Å². The molecule has 3 heteroatoms. The normalized spacial score (nSPS) is 22.5. The Morgan fingerprint density at radius 2 is 1.89 bits per heavy atom. The first-order valence-corrected chi connectivity index (χ1v) is 9.63. The lowest BCUT2D eigenvalue weighted by molar-refractivity contribution is 0.0548. The zero-order valence-electron chi connectivity index (χ0n) is 16.2. The van der Waals surface area contributed by atoms with E-state index in [1.807, 2.05) is 36.4 Å². The van der Waals surface area contributed by atoms with Gasteiger partial charge in [0.25, 0.3) is 0 Å². The van der Waals surface area contributed by atoms with Crippen LogP contribution < -0.4 is 4.74 Å². The van der Waals surface area contributed by atoms with Crippen molar-refractivity contribution in [3.63, 3.8) is 0 Å². The molecule has 2 unspecified atom stereocenters. The van der Waals surface area contributed by atoms with E-state index < -0.39 is 0 Å². The SMILES string of the molecule is COc1ccc(C2CCCC(C)(/C=C/COC(=O)c3ccccc3)C2)cc1. The van der Waals surface area contributed by atoms with E-state index in [1.54, 1.807) is 19.2 Å². The zero-order valence-corrected chi connectivity index (χ0v) is 16.2. The number of hydrogen-bond donors (Lipinski definition) is 0. The number of methoxy groups -OCH3 is 1. The molecule has 1 fully saturated rings. The van der Waals surface area contributed by atoms with Gasteiger partial charge in [-0.1, -0.05) is 55.8 Å². The Kier molecular flexibility index (Phi) is 6.33. The monoisotopic (exact) mass is 364 g/mol. The summed E-state index contributed by atoms with van der Waals surface area (Å²) in [5, 5.41) is 0. The van der Waals surface area contributed by atoms with E-state index in [1.165, 1.54) is 24.8 Å². The number of carbonyl (C=O) groups excluding carboxylic acids is 1. The molecule has 1 saturated carbocycles. The molecule has 0 aliphatic heterocycles. The third-order valence-electron chi connectivity index (χ3n) is 5.44. The van der Waals surface area contributed by atoms with Gasteiger partial charge in [0.1, 0.15) is 12.4 Å². The smallest absolute Gasteiger partial charge is 0.338 e. The van der Waals surface area contributed by atoms with E-state index in [0.717, 1.165) is 12.2 Å². The van der Waals surface area contributed by atoms with Gasteiger partial charge in [-0.15, -0.1) is 0 Å². The van der Waals surface area contributed by atoms with Crippen LogP contribution in [0.4, 0.5) is 0 Å². The van der Waals surface area contributed by atoms with Crippen LogP contribution in [0.2, 0.25) is 0 Å². The Balaban J connectivity index is 1.55. The maximum atomic E-state index is 12.0. The summed E-state index contributed by atoms with van der Waals surface area (Å²) in [6.45, 7) is 2.62. The van der Waals surface area contributed by atoms with Crippen LogP contribution in [0.5, 0.6) is 5.75 Å². The van der Waals surface area contributed by atoms with Crippen molar-refractivity contribution in [2.24, 2.45) is 5.41 Å². The van der Waals surface area contributed by atoms with Crippen LogP contribution in [-0.2, 0) is 4.74 Å². The van der Waals surface area contributed by atoms with Gasteiger partial charge in [-0.3, -0.25) is 0 Å². The molecular weight excluding hydrogens is 336 g/mol. The summed E-state index contributed by atoms with van der Waals surface area (Å²) in [6, 6.07) is 17.6. The summed E-state index contributed by atoms with van der Waals surface area (Å²) in [6.07, 6.45) is 8.95. The van der Waals surface area contributed by atoms with Crippen molar-refractivity contribution in [3.8, 4) is 5.75 Å². The van der Waals surface area contributed by atoms with Gasteiger partial charge in [-0.2, -0.15) is 0 Å². The van der Waals surface area contributed by atoms with Gasteiger partial charge in [-0.05, 0) is 60.4 Å². The fourth-order valence-corrected chi connectivity index (χ4v) is 3.95. The van der Waals surface area contributed by atoms with E-state index in [0.29, 0.717) is 18.1 Å².